The number of carbonyl (C=O) groups is 1. The first-order chi connectivity index (χ1) is 10.2. The second-order valence-electron chi connectivity index (χ2n) is 5.10. The molecule has 5 nitrogen and oxygen atoms in total. The lowest BCUT2D eigenvalue weighted by atomic mass is 9.99. The summed E-state index contributed by atoms with van der Waals surface area (Å²) < 4.78 is 7.49. The van der Waals surface area contributed by atoms with Crippen LogP contribution in [0.5, 0.6) is 5.75 Å². The Bertz CT molecular complexity index is 650. The van der Waals surface area contributed by atoms with Crippen molar-refractivity contribution >= 4 is 5.91 Å². The van der Waals surface area contributed by atoms with Crippen molar-refractivity contribution < 1.29 is 9.53 Å². The fourth-order valence-corrected chi connectivity index (χ4v) is 2.93. The second kappa shape index (κ2) is 5.61. The van der Waals surface area contributed by atoms with Crippen molar-refractivity contribution in [3.63, 3.8) is 0 Å². The van der Waals surface area contributed by atoms with Crippen molar-refractivity contribution in [1.82, 2.24) is 9.47 Å². The van der Waals surface area contributed by atoms with E-state index in [2.05, 4.69) is 10.6 Å². The van der Waals surface area contributed by atoms with Gasteiger partial charge < -0.3 is 19.9 Å². The summed E-state index contributed by atoms with van der Waals surface area (Å²) in [5.41, 5.74) is 7.72. The van der Waals surface area contributed by atoms with Gasteiger partial charge in [0, 0.05) is 25.0 Å². The van der Waals surface area contributed by atoms with Crippen LogP contribution in [0.4, 0.5) is 0 Å². The van der Waals surface area contributed by atoms with Crippen LogP contribution in [0.25, 0.3) is 0 Å². The number of aromatic nitrogens is 1. The molecular weight excluding hydrogens is 266 g/mol. The van der Waals surface area contributed by atoms with Crippen LogP contribution in [0.3, 0.4) is 0 Å². The van der Waals surface area contributed by atoms with Gasteiger partial charge in [0.25, 0.3) is 0 Å². The van der Waals surface area contributed by atoms with Gasteiger partial charge in [0.05, 0.1) is 19.7 Å². The molecule has 3 rings (SSSR count). The fourth-order valence-electron chi connectivity index (χ4n) is 2.93. The van der Waals surface area contributed by atoms with E-state index in [0.717, 1.165) is 23.6 Å². The molecule has 21 heavy (non-hydrogen) atoms. The smallest absolute Gasteiger partial charge is 0.237 e. The van der Waals surface area contributed by atoms with Gasteiger partial charge in [-0.2, -0.15) is 0 Å². The molecule has 0 unspecified atom stereocenters. The van der Waals surface area contributed by atoms with Gasteiger partial charge >= 0.3 is 0 Å². The minimum atomic E-state index is -0.111. The summed E-state index contributed by atoms with van der Waals surface area (Å²) in [5, 5.41) is 0. The van der Waals surface area contributed by atoms with Gasteiger partial charge in [0.15, 0.2) is 0 Å². The highest BCUT2D eigenvalue weighted by Gasteiger charge is 2.31. The summed E-state index contributed by atoms with van der Waals surface area (Å²) in [7, 11) is 1.64. The molecule has 1 aromatic heterocycles. The van der Waals surface area contributed by atoms with E-state index in [4.69, 9.17) is 10.5 Å². The lowest BCUT2D eigenvalue weighted by Crippen LogP contribution is -2.44. The molecule has 0 aliphatic carbocycles. The Hall–Kier alpha value is -2.27. The summed E-state index contributed by atoms with van der Waals surface area (Å²) >= 11 is 0. The highest BCUT2D eigenvalue weighted by atomic mass is 16.5. The SMILES string of the molecule is COc1cccc([C@@H]2c3cccn3CCN2C(=O)CN)c1. The zero-order valence-electron chi connectivity index (χ0n) is 12.0. The average Bonchev–Trinajstić information content (AvgIpc) is 3.01. The van der Waals surface area contributed by atoms with Crippen LogP contribution >= 0.6 is 0 Å². The molecule has 1 aliphatic rings. The Morgan fingerprint density at radius 2 is 2.19 bits per heavy atom. The quantitative estimate of drug-likeness (QED) is 0.927. The van der Waals surface area contributed by atoms with Crippen LogP contribution < -0.4 is 10.5 Å². The van der Waals surface area contributed by atoms with Gasteiger partial charge in [0.1, 0.15) is 5.75 Å². The molecule has 0 saturated heterocycles. The summed E-state index contributed by atoms with van der Waals surface area (Å²) in [4.78, 5) is 14.0. The zero-order chi connectivity index (χ0) is 14.8. The van der Waals surface area contributed by atoms with Crippen molar-refractivity contribution in [3.8, 4) is 5.75 Å². The number of rotatable bonds is 3. The molecular formula is C16H19N3O2. The van der Waals surface area contributed by atoms with Gasteiger partial charge in [-0.15, -0.1) is 0 Å². The number of carbonyl (C=O) groups excluding carboxylic acids is 1. The molecule has 2 N–H and O–H groups in total. The average molecular weight is 285 g/mol. The maximum absolute atomic E-state index is 12.2. The lowest BCUT2D eigenvalue weighted by Gasteiger charge is -2.37. The number of benzene rings is 1. The Labute approximate surface area is 123 Å². The highest BCUT2D eigenvalue weighted by Crippen LogP contribution is 2.33. The van der Waals surface area contributed by atoms with E-state index in [1.807, 2.05) is 41.4 Å². The largest absolute Gasteiger partial charge is 0.497 e. The predicted molar refractivity (Wildman–Crippen MR) is 80.0 cm³/mol. The molecule has 5 heteroatoms. The van der Waals surface area contributed by atoms with Gasteiger partial charge in [0.2, 0.25) is 5.91 Å². The zero-order valence-corrected chi connectivity index (χ0v) is 12.0. The Morgan fingerprint density at radius 1 is 1.33 bits per heavy atom. The molecule has 1 atom stereocenters. The molecule has 1 amide bonds. The number of fused-ring (bicyclic) bond motifs is 1. The van der Waals surface area contributed by atoms with E-state index in [9.17, 15) is 4.79 Å². The van der Waals surface area contributed by atoms with Crippen LogP contribution in [0.2, 0.25) is 0 Å². The summed E-state index contributed by atoms with van der Waals surface area (Å²) in [5.74, 6) is 0.756. The Balaban J connectivity index is 2.07. The van der Waals surface area contributed by atoms with Crippen LogP contribution in [0, 0.1) is 0 Å². The fraction of sp³-hybridized carbons (Fsp3) is 0.312. The predicted octanol–water partition coefficient (Wildman–Crippen LogP) is 1.39. The van der Waals surface area contributed by atoms with Gasteiger partial charge in [-0.3, -0.25) is 4.79 Å². The maximum Gasteiger partial charge on any atom is 0.237 e. The molecule has 0 fully saturated rings. The minimum Gasteiger partial charge on any atom is -0.497 e. The first-order valence-electron chi connectivity index (χ1n) is 7.03. The molecule has 2 aromatic rings. The number of hydrogen-bond donors (Lipinski definition) is 1. The minimum absolute atomic E-state index is 0.0289. The number of nitrogens with zero attached hydrogens (tertiary/aromatic N) is 2. The number of nitrogens with two attached hydrogens (primary N) is 1. The lowest BCUT2D eigenvalue weighted by molar-refractivity contribution is -0.132. The monoisotopic (exact) mass is 285 g/mol. The van der Waals surface area contributed by atoms with Crippen molar-refractivity contribution in [2.24, 2.45) is 5.73 Å². The normalized spacial score (nSPS) is 17.4. The third-order valence-corrected chi connectivity index (χ3v) is 3.94. The maximum atomic E-state index is 12.2. The van der Waals surface area contributed by atoms with E-state index in [0.29, 0.717) is 6.54 Å². The van der Waals surface area contributed by atoms with Crippen molar-refractivity contribution in [3.05, 3.63) is 53.9 Å². The van der Waals surface area contributed by atoms with Crippen LogP contribution in [0.1, 0.15) is 17.3 Å². The molecule has 0 radical (unpaired) electrons. The third-order valence-electron chi connectivity index (χ3n) is 3.94. The van der Waals surface area contributed by atoms with E-state index < -0.39 is 0 Å². The first kappa shape index (κ1) is 13.7. The number of amides is 1. The van der Waals surface area contributed by atoms with Crippen LogP contribution in [-0.4, -0.2) is 35.6 Å². The summed E-state index contributed by atoms with van der Waals surface area (Å²) in [6, 6.07) is 11.8. The standard InChI is InChI=1S/C16H19N3O2/c1-21-13-5-2-4-12(10-13)16-14-6-3-7-18(14)8-9-19(16)15(20)11-17/h2-7,10,16H,8-9,11,17H2,1H3/t16-/m1/s1. The van der Waals surface area contributed by atoms with E-state index in [1.165, 1.54) is 0 Å². The summed E-state index contributed by atoms with van der Waals surface area (Å²) in [6.07, 6.45) is 2.05. The van der Waals surface area contributed by atoms with E-state index in [1.54, 1.807) is 7.11 Å². The number of methoxy groups -OCH3 is 1. The van der Waals surface area contributed by atoms with E-state index >= 15 is 0 Å². The Morgan fingerprint density at radius 3 is 2.95 bits per heavy atom. The summed E-state index contributed by atoms with van der Waals surface area (Å²) in [6.45, 7) is 1.50. The van der Waals surface area contributed by atoms with Gasteiger partial charge in [-0.25, -0.2) is 0 Å². The Kier molecular flexibility index (Phi) is 3.66. The molecule has 2 heterocycles. The topological polar surface area (TPSA) is 60.5 Å². The van der Waals surface area contributed by atoms with Crippen LogP contribution in [-0.2, 0) is 11.3 Å². The van der Waals surface area contributed by atoms with Gasteiger partial charge in [-0.1, -0.05) is 12.1 Å². The number of ether oxygens (including phenoxy) is 1. The molecule has 0 saturated carbocycles. The highest BCUT2D eigenvalue weighted by molar-refractivity contribution is 5.79. The molecule has 1 aromatic carbocycles. The third kappa shape index (κ3) is 2.40. The molecule has 0 spiro atoms. The van der Waals surface area contributed by atoms with Crippen molar-refractivity contribution in [1.29, 1.82) is 0 Å². The molecule has 110 valence electrons. The number of hydrogen-bond acceptors (Lipinski definition) is 3. The van der Waals surface area contributed by atoms with Crippen LogP contribution in [0.15, 0.2) is 42.6 Å². The first-order valence-corrected chi connectivity index (χ1v) is 7.03. The second-order valence-corrected chi connectivity index (χ2v) is 5.10. The molecule has 0 bridgehead atoms. The van der Waals surface area contributed by atoms with Gasteiger partial charge in [-0.05, 0) is 29.8 Å². The van der Waals surface area contributed by atoms with E-state index in [-0.39, 0.29) is 18.5 Å². The molecule has 1 aliphatic heterocycles. The van der Waals surface area contributed by atoms with Crippen molar-refractivity contribution in [2.45, 2.75) is 12.6 Å². The van der Waals surface area contributed by atoms with Crippen molar-refractivity contribution in [2.75, 3.05) is 20.2 Å².